The average Bonchev–Trinajstić information content (AvgIpc) is 2.73. The van der Waals surface area contributed by atoms with E-state index in [0.717, 1.165) is 16.9 Å². The Morgan fingerprint density at radius 1 is 1.50 bits per heavy atom. The van der Waals surface area contributed by atoms with Crippen molar-refractivity contribution in [3.05, 3.63) is 54.6 Å². The van der Waals surface area contributed by atoms with E-state index in [-0.39, 0.29) is 10.6 Å². The van der Waals surface area contributed by atoms with Gasteiger partial charge in [-0.1, -0.05) is 23.5 Å². The van der Waals surface area contributed by atoms with Gasteiger partial charge in [-0.2, -0.15) is 0 Å². The Morgan fingerprint density at radius 3 is 2.89 bits per heavy atom. The summed E-state index contributed by atoms with van der Waals surface area (Å²) in [5, 5.41) is 15.6. The van der Waals surface area contributed by atoms with Crippen LogP contribution in [0.1, 0.15) is 11.3 Å². The van der Waals surface area contributed by atoms with E-state index in [1.165, 1.54) is 6.07 Å². The number of thiazole rings is 1. The zero-order valence-corrected chi connectivity index (χ0v) is 10.4. The summed E-state index contributed by atoms with van der Waals surface area (Å²) >= 11 is 1.07. The molecule has 0 atom stereocenters. The Bertz CT molecular complexity index is 632. The molecule has 18 heavy (non-hydrogen) atoms. The highest BCUT2D eigenvalue weighted by atomic mass is 32.1. The van der Waals surface area contributed by atoms with Crippen LogP contribution in [0.5, 0.6) is 0 Å². The molecule has 0 amide bonds. The first-order chi connectivity index (χ1) is 8.58. The van der Waals surface area contributed by atoms with Gasteiger partial charge >= 0.3 is 4.87 Å². The third kappa shape index (κ3) is 2.57. The molecule has 6 nitrogen and oxygen atoms in total. The number of anilines is 1. The summed E-state index contributed by atoms with van der Waals surface area (Å²) in [6, 6.07) is 4.89. The van der Waals surface area contributed by atoms with Crippen molar-refractivity contribution in [2.75, 3.05) is 5.32 Å². The Morgan fingerprint density at radius 2 is 2.28 bits per heavy atom. The Labute approximate surface area is 106 Å². The van der Waals surface area contributed by atoms with Crippen molar-refractivity contribution in [2.45, 2.75) is 13.5 Å². The monoisotopic (exact) mass is 265 g/mol. The Balaban J connectivity index is 2.23. The Hall–Kier alpha value is -2.15. The maximum absolute atomic E-state index is 11.0. The van der Waals surface area contributed by atoms with E-state index in [1.807, 2.05) is 0 Å². The van der Waals surface area contributed by atoms with Crippen LogP contribution in [0.2, 0.25) is 0 Å². The van der Waals surface area contributed by atoms with Gasteiger partial charge in [0.15, 0.2) is 0 Å². The minimum absolute atomic E-state index is 0.0348. The molecule has 1 heterocycles. The lowest BCUT2D eigenvalue weighted by Crippen LogP contribution is -2.06. The standard InChI is InChI=1S/C11H11N3O3S/c1-7-3-2-4-9(14(16)17)10(7)12-5-8-6-18-11(15)13-8/h2-4,6,12H,5H2,1H3,(H,13,15). The van der Waals surface area contributed by atoms with Crippen molar-refractivity contribution >= 4 is 22.7 Å². The maximum atomic E-state index is 11.0. The molecule has 0 saturated carbocycles. The molecule has 0 radical (unpaired) electrons. The molecule has 7 heteroatoms. The lowest BCUT2D eigenvalue weighted by molar-refractivity contribution is -0.384. The summed E-state index contributed by atoms with van der Waals surface area (Å²) in [6.07, 6.45) is 0. The predicted molar refractivity (Wildman–Crippen MR) is 70.1 cm³/mol. The van der Waals surface area contributed by atoms with Crippen molar-refractivity contribution in [2.24, 2.45) is 0 Å². The summed E-state index contributed by atoms with van der Waals surface area (Å²) in [5.74, 6) is 0. The van der Waals surface area contributed by atoms with Crippen LogP contribution in [0, 0.1) is 17.0 Å². The average molecular weight is 265 g/mol. The first-order valence-electron chi connectivity index (χ1n) is 5.22. The summed E-state index contributed by atoms with van der Waals surface area (Å²) in [6.45, 7) is 2.15. The van der Waals surface area contributed by atoms with Crippen molar-refractivity contribution in [1.82, 2.24) is 4.98 Å². The summed E-state index contributed by atoms with van der Waals surface area (Å²) in [4.78, 5) is 24.0. The molecule has 2 N–H and O–H groups in total. The fraction of sp³-hybridized carbons (Fsp3) is 0.182. The zero-order valence-electron chi connectivity index (χ0n) is 9.60. The number of nitrogens with one attached hydrogen (secondary N) is 2. The minimum Gasteiger partial charge on any atom is -0.374 e. The van der Waals surface area contributed by atoms with E-state index in [2.05, 4.69) is 10.3 Å². The van der Waals surface area contributed by atoms with Crippen molar-refractivity contribution in [3.8, 4) is 0 Å². The normalized spacial score (nSPS) is 10.3. The molecule has 1 aromatic heterocycles. The molecular formula is C11H11N3O3S. The SMILES string of the molecule is Cc1cccc([N+](=O)[O-])c1NCc1csc(=O)[nH]1. The van der Waals surface area contributed by atoms with Gasteiger partial charge in [-0.25, -0.2) is 0 Å². The van der Waals surface area contributed by atoms with Crippen LogP contribution < -0.4 is 10.2 Å². The van der Waals surface area contributed by atoms with Gasteiger partial charge in [-0.05, 0) is 12.5 Å². The molecule has 0 aliphatic heterocycles. The van der Waals surface area contributed by atoms with E-state index in [9.17, 15) is 14.9 Å². The van der Waals surface area contributed by atoms with Crippen molar-refractivity contribution in [3.63, 3.8) is 0 Å². The minimum atomic E-state index is -0.425. The molecule has 0 aliphatic carbocycles. The summed E-state index contributed by atoms with van der Waals surface area (Å²) in [7, 11) is 0. The quantitative estimate of drug-likeness (QED) is 0.655. The van der Waals surface area contributed by atoms with Gasteiger partial charge < -0.3 is 10.3 Å². The summed E-state index contributed by atoms with van der Waals surface area (Å²) in [5.41, 5.74) is 2.02. The fourth-order valence-electron chi connectivity index (χ4n) is 1.62. The number of rotatable bonds is 4. The number of aryl methyl sites for hydroxylation is 1. The van der Waals surface area contributed by atoms with Gasteiger partial charge in [0.2, 0.25) is 0 Å². The van der Waals surface area contributed by atoms with Crippen LogP contribution in [0.15, 0.2) is 28.4 Å². The number of benzene rings is 1. The molecule has 2 rings (SSSR count). The van der Waals surface area contributed by atoms with E-state index in [1.54, 1.807) is 24.4 Å². The third-order valence-electron chi connectivity index (χ3n) is 2.47. The highest BCUT2D eigenvalue weighted by Crippen LogP contribution is 2.27. The van der Waals surface area contributed by atoms with E-state index in [0.29, 0.717) is 17.9 Å². The van der Waals surface area contributed by atoms with Gasteiger partial charge in [0, 0.05) is 17.1 Å². The second-order valence-corrected chi connectivity index (χ2v) is 4.60. The van der Waals surface area contributed by atoms with Gasteiger partial charge in [0.25, 0.3) is 5.69 Å². The number of nitro benzene ring substituents is 1. The molecule has 0 aliphatic rings. The maximum Gasteiger partial charge on any atom is 0.304 e. The first-order valence-corrected chi connectivity index (χ1v) is 6.10. The van der Waals surface area contributed by atoms with Gasteiger partial charge in [0.1, 0.15) is 5.69 Å². The van der Waals surface area contributed by atoms with Crippen LogP contribution in [-0.2, 0) is 6.54 Å². The lowest BCUT2D eigenvalue weighted by atomic mass is 10.1. The highest BCUT2D eigenvalue weighted by molar-refractivity contribution is 7.07. The van der Waals surface area contributed by atoms with E-state index < -0.39 is 4.92 Å². The van der Waals surface area contributed by atoms with Crippen molar-refractivity contribution < 1.29 is 4.92 Å². The molecule has 94 valence electrons. The third-order valence-corrected chi connectivity index (χ3v) is 3.19. The Kier molecular flexibility index (Phi) is 3.42. The van der Waals surface area contributed by atoms with Crippen LogP contribution in [0.4, 0.5) is 11.4 Å². The number of hydrogen-bond donors (Lipinski definition) is 2. The second-order valence-electron chi connectivity index (χ2n) is 3.75. The largest absolute Gasteiger partial charge is 0.374 e. The molecular weight excluding hydrogens is 254 g/mol. The van der Waals surface area contributed by atoms with E-state index in [4.69, 9.17) is 0 Å². The summed E-state index contributed by atoms with van der Waals surface area (Å²) < 4.78 is 0. The number of nitro groups is 1. The molecule has 2 aromatic rings. The molecule has 1 aromatic carbocycles. The van der Waals surface area contributed by atoms with Crippen LogP contribution in [-0.4, -0.2) is 9.91 Å². The van der Waals surface area contributed by atoms with E-state index >= 15 is 0 Å². The van der Waals surface area contributed by atoms with Crippen LogP contribution in [0.3, 0.4) is 0 Å². The first kappa shape index (κ1) is 12.3. The number of aromatic amines is 1. The number of H-pyrrole nitrogens is 1. The fourth-order valence-corrected chi connectivity index (χ4v) is 2.20. The number of aromatic nitrogens is 1. The molecule has 0 unspecified atom stereocenters. The molecule has 0 bridgehead atoms. The van der Waals surface area contributed by atoms with Crippen LogP contribution >= 0.6 is 11.3 Å². The predicted octanol–water partition coefficient (Wildman–Crippen LogP) is 2.27. The van der Waals surface area contributed by atoms with Gasteiger partial charge in [-0.15, -0.1) is 0 Å². The number of nitrogens with zero attached hydrogens (tertiary/aromatic N) is 1. The smallest absolute Gasteiger partial charge is 0.304 e. The zero-order chi connectivity index (χ0) is 13.1. The highest BCUT2D eigenvalue weighted by Gasteiger charge is 2.14. The van der Waals surface area contributed by atoms with Gasteiger partial charge in [0.05, 0.1) is 11.5 Å². The lowest BCUT2D eigenvalue weighted by Gasteiger charge is -2.08. The topological polar surface area (TPSA) is 88.0 Å². The molecule has 0 spiro atoms. The number of para-hydroxylation sites is 1. The molecule has 0 saturated heterocycles. The number of hydrogen-bond acceptors (Lipinski definition) is 5. The second kappa shape index (κ2) is 5.01. The van der Waals surface area contributed by atoms with Gasteiger partial charge in [-0.3, -0.25) is 14.9 Å². The molecule has 0 fully saturated rings. The van der Waals surface area contributed by atoms with Crippen LogP contribution in [0.25, 0.3) is 0 Å². The van der Waals surface area contributed by atoms with Crippen molar-refractivity contribution in [1.29, 1.82) is 0 Å².